The first kappa shape index (κ1) is 15.4. The first-order valence-electron chi connectivity index (χ1n) is 7.58. The average molecular weight is 282 g/mol. The van der Waals surface area contributed by atoms with Crippen LogP contribution in [0.2, 0.25) is 0 Å². The highest BCUT2D eigenvalue weighted by Gasteiger charge is 2.16. The summed E-state index contributed by atoms with van der Waals surface area (Å²) in [4.78, 5) is 2.41. The van der Waals surface area contributed by atoms with E-state index in [2.05, 4.69) is 17.1 Å². The molecule has 0 amide bonds. The van der Waals surface area contributed by atoms with Crippen LogP contribution in [0.1, 0.15) is 31.7 Å². The van der Waals surface area contributed by atoms with E-state index in [0.29, 0.717) is 12.5 Å². The molecular formula is C16H24F2N2. The molecule has 1 aromatic rings. The third-order valence-corrected chi connectivity index (χ3v) is 3.84. The minimum Gasteiger partial charge on any atom is -0.313 e. The maximum atomic E-state index is 13.2. The summed E-state index contributed by atoms with van der Waals surface area (Å²) in [6, 6.07) is 4.34. The van der Waals surface area contributed by atoms with Gasteiger partial charge in [-0.15, -0.1) is 0 Å². The van der Waals surface area contributed by atoms with Crippen LogP contribution in [0.4, 0.5) is 8.78 Å². The number of benzene rings is 1. The molecule has 1 atom stereocenters. The van der Waals surface area contributed by atoms with Gasteiger partial charge in [-0.05, 0) is 50.0 Å². The molecule has 0 bridgehead atoms. The zero-order valence-electron chi connectivity index (χ0n) is 12.2. The average Bonchev–Trinajstić information content (AvgIpc) is 2.61. The summed E-state index contributed by atoms with van der Waals surface area (Å²) in [5.41, 5.74) is 0.742. The smallest absolute Gasteiger partial charge is 0.126 e. The molecule has 0 saturated carbocycles. The zero-order chi connectivity index (χ0) is 14.4. The summed E-state index contributed by atoms with van der Waals surface area (Å²) in [6.45, 7) is 6.23. The van der Waals surface area contributed by atoms with E-state index in [1.807, 2.05) is 0 Å². The Morgan fingerprint density at radius 1 is 1.25 bits per heavy atom. The molecule has 1 saturated heterocycles. The van der Waals surface area contributed by atoms with Gasteiger partial charge in [0.2, 0.25) is 0 Å². The van der Waals surface area contributed by atoms with Gasteiger partial charge >= 0.3 is 0 Å². The first-order valence-corrected chi connectivity index (χ1v) is 7.58. The number of nitrogens with zero attached hydrogens (tertiary/aromatic N) is 1. The fraction of sp³-hybridized carbons (Fsp3) is 0.625. The lowest BCUT2D eigenvalue weighted by atomic mass is 10.1. The number of hydrogen-bond acceptors (Lipinski definition) is 2. The van der Waals surface area contributed by atoms with Crippen molar-refractivity contribution in [2.75, 3.05) is 26.2 Å². The molecule has 1 aromatic carbocycles. The van der Waals surface area contributed by atoms with Gasteiger partial charge in [0, 0.05) is 25.2 Å². The van der Waals surface area contributed by atoms with Crippen LogP contribution in [0, 0.1) is 11.6 Å². The Morgan fingerprint density at radius 2 is 2.00 bits per heavy atom. The molecule has 4 heteroatoms. The third kappa shape index (κ3) is 4.84. The standard InChI is InChI=1S/C16H24F2N2/c1-2-4-16-12-20(7-3-6-19-16)8-5-13-9-14(17)11-15(18)10-13/h9-11,16,19H,2-8,12H2,1H3. The number of nitrogens with one attached hydrogen (secondary N) is 1. The summed E-state index contributed by atoms with van der Waals surface area (Å²) < 4.78 is 26.3. The Bertz CT molecular complexity index is 403. The molecule has 20 heavy (non-hydrogen) atoms. The molecule has 0 aromatic heterocycles. The van der Waals surface area contributed by atoms with Crippen LogP contribution >= 0.6 is 0 Å². The van der Waals surface area contributed by atoms with Crippen LogP contribution in [-0.2, 0) is 6.42 Å². The summed E-state index contributed by atoms with van der Waals surface area (Å²) in [5.74, 6) is -0.970. The zero-order valence-corrected chi connectivity index (χ0v) is 12.2. The van der Waals surface area contributed by atoms with Crippen molar-refractivity contribution in [3.05, 3.63) is 35.4 Å². The van der Waals surface area contributed by atoms with Gasteiger partial charge in [-0.3, -0.25) is 0 Å². The van der Waals surface area contributed by atoms with Crippen molar-refractivity contribution in [1.82, 2.24) is 10.2 Å². The Balaban J connectivity index is 1.88. The lowest BCUT2D eigenvalue weighted by molar-refractivity contribution is 0.265. The molecule has 0 aliphatic carbocycles. The SMILES string of the molecule is CCCC1CN(CCc2cc(F)cc(F)c2)CCCN1. The molecule has 1 aliphatic rings. The highest BCUT2D eigenvalue weighted by atomic mass is 19.1. The topological polar surface area (TPSA) is 15.3 Å². The van der Waals surface area contributed by atoms with Crippen molar-refractivity contribution < 1.29 is 8.78 Å². The Kier molecular flexibility index (Phi) is 5.92. The van der Waals surface area contributed by atoms with E-state index in [-0.39, 0.29) is 0 Å². The summed E-state index contributed by atoms with van der Waals surface area (Å²) in [5, 5.41) is 3.57. The van der Waals surface area contributed by atoms with Gasteiger partial charge in [0.05, 0.1) is 0 Å². The molecule has 1 fully saturated rings. The number of rotatable bonds is 5. The number of halogens is 2. The quantitative estimate of drug-likeness (QED) is 0.893. The molecule has 1 heterocycles. The van der Waals surface area contributed by atoms with Crippen molar-refractivity contribution in [2.45, 2.75) is 38.6 Å². The summed E-state index contributed by atoms with van der Waals surface area (Å²) in [7, 11) is 0. The molecule has 2 nitrogen and oxygen atoms in total. The van der Waals surface area contributed by atoms with E-state index < -0.39 is 11.6 Å². The van der Waals surface area contributed by atoms with E-state index >= 15 is 0 Å². The van der Waals surface area contributed by atoms with Crippen LogP contribution in [0.3, 0.4) is 0 Å². The molecule has 1 unspecified atom stereocenters. The fourth-order valence-electron chi connectivity index (χ4n) is 2.86. The predicted octanol–water partition coefficient (Wildman–Crippen LogP) is 2.97. The predicted molar refractivity (Wildman–Crippen MR) is 77.8 cm³/mol. The largest absolute Gasteiger partial charge is 0.313 e. The lowest BCUT2D eigenvalue weighted by Gasteiger charge is -2.24. The van der Waals surface area contributed by atoms with E-state index in [0.717, 1.165) is 44.2 Å². The second kappa shape index (κ2) is 7.70. The minimum atomic E-state index is -0.485. The van der Waals surface area contributed by atoms with Crippen LogP contribution < -0.4 is 5.32 Å². The monoisotopic (exact) mass is 282 g/mol. The highest BCUT2D eigenvalue weighted by molar-refractivity contribution is 5.18. The molecular weight excluding hydrogens is 258 g/mol. The van der Waals surface area contributed by atoms with Gasteiger partial charge in [-0.2, -0.15) is 0 Å². The van der Waals surface area contributed by atoms with Crippen molar-refractivity contribution in [3.8, 4) is 0 Å². The second-order valence-corrected chi connectivity index (χ2v) is 5.62. The molecule has 1 aliphatic heterocycles. The fourth-order valence-corrected chi connectivity index (χ4v) is 2.86. The molecule has 112 valence electrons. The van der Waals surface area contributed by atoms with Gasteiger partial charge < -0.3 is 10.2 Å². The first-order chi connectivity index (χ1) is 9.67. The Morgan fingerprint density at radius 3 is 2.70 bits per heavy atom. The van der Waals surface area contributed by atoms with Gasteiger partial charge in [-0.25, -0.2) is 8.78 Å². The summed E-state index contributed by atoms with van der Waals surface area (Å²) >= 11 is 0. The van der Waals surface area contributed by atoms with Crippen LogP contribution in [-0.4, -0.2) is 37.1 Å². The molecule has 0 radical (unpaired) electrons. The Labute approximate surface area is 120 Å². The van der Waals surface area contributed by atoms with E-state index in [1.165, 1.54) is 25.0 Å². The van der Waals surface area contributed by atoms with Gasteiger partial charge in [-0.1, -0.05) is 13.3 Å². The maximum Gasteiger partial charge on any atom is 0.126 e. The number of hydrogen-bond donors (Lipinski definition) is 1. The van der Waals surface area contributed by atoms with Gasteiger partial charge in [0.15, 0.2) is 0 Å². The van der Waals surface area contributed by atoms with Gasteiger partial charge in [0.25, 0.3) is 0 Å². The van der Waals surface area contributed by atoms with E-state index in [4.69, 9.17) is 0 Å². The molecule has 1 N–H and O–H groups in total. The van der Waals surface area contributed by atoms with Crippen LogP contribution in [0.25, 0.3) is 0 Å². The maximum absolute atomic E-state index is 13.2. The van der Waals surface area contributed by atoms with Gasteiger partial charge in [0.1, 0.15) is 11.6 Å². The van der Waals surface area contributed by atoms with E-state index in [1.54, 1.807) is 0 Å². The lowest BCUT2D eigenvalue weighted by Crippen LogP contribution is -2.38. The molecule has 2 rings (SSSR count). The van der Waals surface area contributed by atoms with Crippen LogP contribution in [0.5, 0.6) is 0 Å². The minimum absolute atomic E-state index is 0.485. The highest BCUT2D eigenvalue weighted by Crippen LogP contribution is 2.11. The van der Waals surface area contributed by atoms with Crippen molar-refractivity contribution in [3.63, 3.8) is 0 Å². The van der Waals surface area contributed by atoms with E-state index in [9.17, 15) is 8.78 Å². The summed E-state index contributed by atoms with van der Waals surface area (Å²) in [6.07, 6.45) is 4.21. The van der Waals surface area contributed by atoms with Crippen molar-refractivity contribution in [1.29, 1.82) is 0 Å². The van der Waals surface area contributed by atoms with Crippen molar-refractivity contribution >= 4 is 0 Å². The molecule has 0 spiro atoms. The van der Waals surface area contributed by atoms with Crippen molar-refractivity contribution in [2.24, 2.45) is 0 Å². The third-order valence-electron chi connectivity index (χ3n) is 3.84. The second-order valence-electron chi connectivity index (χ2n) is 5.62. The normalized spacial score (nSPS) is 20.9. The van der Waals surface area contributed by atoms with Crippen LogP contribution in [0.15, 0.2) is 18.2 Å². The Hall–Kier alpha value is -1.00.